The molecule has 0 aliphatic carbocycles. The summed E-state index contributed by atoms with van der Waals surface area (Å²) in [5, 5.41) is 3.19. The molecule has 1 N–H and O–H groups in total. The maximum Gasteiger partial charge on any atom is 0.223 e. The minimum atomic E-state index is -3.19. The van der Waals surface area contributed by atoms with Crippen LogP contribution in [0.5, 0.6) is 0 Å². The number of nitrogens with zero attached hydrogens (tertiary/aromatic N) is 1. The summed E-state index contributed by atoms with van der Waals surface area (Å²) in [5.41, 5.74) is 3.24. The van der Waals surface area contributed by atoms with Crippen molar-refractivity contribution in [2.24, 2.45) is 5.92 Å². The Morgan fingerprint density at radius 3 is 2.11 bits per heavy atom. The molecule has 1 unspecified atom stereocenters. The predicted octanol–water partition coefficient (Wildman–Crippen LogP) is 2.87. The molecule has 0 bridgehead atoms. The highest BCUT2D eigenvalue weighted by atomic mass is 32.2. The number of hydrogen-bond acceptors (Lipinski definition) is 3. The number of piperidine rings is 1. The van der Waals surface area contributed by atoms with E-state index in [1.165, 1.54) is 16.1 Å². The second-order valence-corrected chi connectivity index (χ2v) is 9.18. The fraction of sp³-hybridized carbons (Fsp3) is 0.381. The second-order valence-electron chi connectivity index (χ2n) is 7.20. The highest BCUT2D eigenvalue weighted by molar-refractivity contribution is 7.88. The topological polar surface area (TPSA) is 66.5 Å². The van der Waals surface area contributed by atoms with Crippen LogP contribution in [-0.2, 0) is 14.8 Å². The van der Waals surface area contributed by atoms with Crippen LogP contribution in [0.3, 0.4) is 0 Å². The normalized spacial score (nSPS) is 17.4. The quantitative estimate of drug-likeness (QED) is 0.859. The van der Waals surface area contributed by atoms with Gasteiger partial charge < -0.3 is 5.32 Å². The Hall–Kier alpha value is -2.18. The highest BCUT2D eigenvalue weighted by Crippen LogP contribution is 2.25. The second kappa shape index (κ2) is 8.23. The molecule has 2 aromatic rings. The van der Waals surface area contributed by atoms with Gasteiger partial charge in [-0.2, -0.15) is 0 Å². The van der Waals surface area contributed by atoms with Gasteiger partial charge in [0, 0.05) is 19.0 Å². The lowest BCUT2D eigenvalue weighted by Crippen LogP contribution is -2.43. The molecule has 2 aromatic carbocycles. The number of sulfonamides is 1. The van der Waals surface area contributed by atoms with Crippen molar-refractivity contribution in [3.63, 3.8) is 0 Å². The number of aryl methyl sites for hydroxylation is 1. The zero-order valence-corrected chi connectivity index (χ0v) is 16.6. The summed E-state index contributed by atoms with van der Waals surface area (Å²) in [7, 11) is -3.19. The van der Waals surface area contributed by atoms with Crippen molar-refractivity contribution in [1.82, 2.24) is 9.62 Å². The monoisotopic (exact) mass is 386 g/mol. The highest BCUT2D eigenvalue weighted by Gasteiger charge is 2.30. The molecule has 1 aliphatic heterocycles. The summed E-state index contributed by atoms with van der Waals surface area (Å²) >= 11 is 0. The summed E-state index contributed by atoms with van der Waals surface area (Å²) in [6.07, 6.45) is 2.32. The smallest absolute Gasteiger partial charge is 0.223 e. The number of amides is 1. The Kier molecular flexibility index (Phi) is 5.97. The standard InChI is InChI=1S/C21H26N2O3S/c1-16-8-10-18(11-9-16)20(17-6-4-3-5-7-17)22-21(24)19-12-14-23(15-13-19)27(2,25)26/h3-11,19-20H,12-15H2,1-2H3,(H,22,24). The van der Waals surface area contributed by atoms with Crippen LogP contribution in [-0.4, -0.2) is 38.0 Å². The van der Waals surface area contributed by atoms with Crippen LogP contribution < -0.4 is 5.32 Å². The van der Waals surface area contributed by atoms with Gasteiger partial charge in [-0.25, -0.2) is 12.7 Å². The molecule has 1 saturated heterocycles. The Morgan fingerprint density at radius 1 is 1.00 bits per heavy atom. The molecule has 5 nitrogen and oxygen atoms in total. The van der Waals surface area contributed by atoms with Crippen LogP contribution in [0.15, 0.2) is 54.6 Å². The van der Waals surface area contributed by atoms with Gasteiger partial charge in [-0.15, -0.1) is 0 Å². The number of hydrogen-bond donors (Lipinski definition) is 1. The summed E-state index contributed by atoms with van der Waals surface area (Å²) in [4.78, 5) is 12.9. The van der Waals surface area contributed by atoms with E-state index in [0.717, 1.165) is 11.1 Å². The maximum absolute atomic E-state index is 12.9. The average molecular weight is 387 g/mol. The fourth-order valence-corrected chi connectivity index (χ4v) is 4.35. The van der Waals surface area contributed by atoms with Crippen LogP contribution in [0.1, 0.15) is 35.6 Å². The number of nitrogens with one attached hydrogen (secondary N) is 1. The molecule has 6 heteroatoms. The first kappa shape index (κ1) is 19.6. The van der Waals surface area contributed by atoms with Crippen molar-refractivity contribution >= 4 is 15.9 Å². The van der Waals surface area contributed by atoms with Crippen LogP contribution in [0, 0.1) is 12.8 Å². The van der Waals surface area contributed by atoms with Gasteiger partial charge in [0.2, 0.25) is 15.9 Å². The number of benzene rings is 2. The number of rotatable bonds is 5. The van der Waals surface area contributed by atoms with E-state index in [2.05, 4.69) is 5.32 Å². The SMILES string of the molecule is Cc1ccc(C(NC(=O)C2CCN(S(C)(=O)=O)CC2)c2ccccc2)cc1. The van der Waals surface area contributed by atoms with Gasteiger partial charge in [0.25, 0.3) is 0 Å². The van der Waals surface area contributed by atoms with Crippen molar-refractivity contribution in [3.8, 4) is 0 Å². The zero-order chi connectivity index (χ0) is 19.4. The number of carbonyl (C=O) groups is 1. The van der Waals surface area contributed by atoms with Crippen LogP contribution in [0.25, 0.3) is 0 Å². The van der Waals surface area contributed by atoms with Crippen LogP contribution in [0.2, 0.25) is 0 Å². The van der Waals surface area contributed by atoms with Gasteiger partial charge in [-0.3, -0.25) is 4.79 Å². The van der Waals surface area contributed by atoms with E-state index in [1.54, 1.807) is 0 Å². The third kappa shape index (κ3) is 4.96. The molecule has 1 aliphatic rings. The van der Waals surface area contributed by atoms with E-state index in [4.69, 9.17) is 0 Å². The fourth-order valence-electron chi connectivity index (χ4n) is 3.47. The lowest BCUT2D eigenvalue weighted by Gasteiger charge is -2.31. The molecule has 0 aromatic heterocycles. The molecular weight excluding hydrogens is 360 g/mol. The van der Waals surface area contributed by atoms with Gasteiger partial charge in [0.05, 0.1) is 12.3 Å². The molecule has 144 valence electrons. The van der Waals surface area contributed by atoms with Crippen LogP contribution >= 0.6 is 0 Å². The summed E-state index contributed by atoms with van der Waals surface area (Å²) in [6, 6.07) is 17.9. The van der Waals surface area contributed by atoms with E-state index < -0.39 is 10.0 Å². The van der Waals surface area contributed by atoms with Gasteiger partial charge >= 0.3 is 0 Å². The lowest BCUT2D eigenvalue weighted by molar-refractivity contribution is -0.126. The molecule has 1 amide bonds. The summed E-state index contributed by atoms with van der Waals surface area (Å²) < 4.78 is 24.8. The zero-order valence-electron chi connectivity index (χ0n) is 15.8. The maximum atomic E-state index is 12.9. The Bertz CT molecular complexity index is 871. The van der Waals surface area contributed by atoms with Gasteiger partial charge in [-0.05, 0) is 30.9 Å². The average Bonchev–Trinajstić information content (AvgIpc) is 2.67. The van der Waals surface area contributed by atoms with E-state index in [9.17, 15) is 13.2 Å². The lowest BCUT2D eigenvalue weighted by atomic mass is 9.94. The van der Waals surface area contributed by atoms with Gasteiger partial charge in [0.15, 0.2) is 0 Å². The first-order valence-electron chi connectivity index (χ1n) is 9.21. The minimum Gasteiger partial charge on any atom is -0.345 e. The minimum absolute atomic E-state index is 0.0161. The molecule has 0 spiro atoms. The van der Waals surface area contributed by atoms with E-state index in [-0.39, 0.29) is 17.9 Å². The first-order valence-corrected chi connectivity index (χ1v) is 11.1. The van der Waals surface area contributed by atoms with Crippen molar-refractivity contribution in [2.45, 2.75) is 25.8 Å². The Labute approximate surface area is 161 Å². The third-order valence-corrected chi connectivity index (χ3v) is 6.43. The Morgan fingerprint density at radius 2 is 1.56 bits per heavy atom. The van der Waals surface area contributed by atoms with Crippen molar-refractivity contribution < 1.29 is 13.2 Å². The van der Waals surface area contributed by atoms with E-state index in [0.29, 0.717) is 25.9 Å². The summed E-state index contributed by atoms with van der Waals surface area (Å²) in [5.74, 6) is -0.183. The van der Waals surface area contributed by atoms with Crippen molar-refractivity contribution in [3.05, 3.63) is 71.3 Å². The molecule has 0 saturated carbocycles. The van der Waals surface area contributed by atoms with Gasteiger partial charge in [-0.1, -0.05) is 60.2 Å². The predicted molar refractivity (Wildman–Crippen MR) is 107 cm³/mol. The summed E-state index contributed by atoms with van der Waals surface area (Å²) in [6.45, 7) is 2.84. The molecule has 1 heterocycles. The molecule has 0 radical (unpaired) electrons. The third-order valence-electron chi connectivity index (χ3n) is 5.12. The van der Waals surface area contributed by atoms with Gasteiger partial charge in [0.1, 0.15) is 0 Å². The number of carbonyl (C=O) groups excluding carboxylic acids is 1. The van der Waals surface area contributed by atoms with Crippen molar-refractivity contribution in [2.75, 3.05) is 19.3 Å². The first-order chi connectivity index (χ1) is 12.8. The van der Waals surface area contributed by atoms with E-state index >= 15 is 0 Å². The molecular formula is C21H26N2O3S. The van der Waals surface area contributed by atoms with Crippen molar-refractivity contribution in [1.29, 1.82) is 0 Å². The molecule has 1 fully saturated rings. The Balaban J connectivity index is 1.75. The molecule has 3 rings (SSSR count). The molecule has 1 atom stereocenters. The van der Waals surface area contributed by atoms with Crippen LogP contribution in [0.4, 0.5) is 0 Å². The molecule has 27 heavy (non-hydrogen) atoms. The largest absolute Gasteiger partial charge is 0.345 e. The van der Waals surface area contributed by atoms with E-state index in [1.807, 2.05) is 61.5 Å².